The summed E-state index contributed by atoms with van der Waals surface area (Å²) in [5.41, 5.74) is 1.22. The average Bonchev–Trinajstić information content (AvgIpc) is 3.22. The van der Waals surface area contributed by atoms with Gasteiger partial charge in [0.1, 0.15) is 5.82 Å². The van der Waals surface area contributed by atoms with Crippen molar-refractivity contribution in [3.05, 3.63) is 81.1 Å². The van der Waals surface area contributed by atoms with Crippen LogP contribution in [-0.2, 0) is 20.6 Å². The smallest absolute Gasteiger partial charge is 0.332 e. The van der Waals surface area contributed by atoms with Gasteiger partial charge in [0.05, 0.1) is 6.54 Å². The van der Waals surface area contributed by atoms with Crippen molar-refractivity contribution in [2.24, 2.45) is 14.1 Å². The van der Waals surface area contributed by atoms with Crippen LogP contribution in [0.15, 0.2) is 64.3 Å². The van der Waals surface area contributed by atoms with Gasteiger partial charge in [-0.05, 0) is 17.7 Å². The maximum Gasteiger partial charge on any atom is 0.332 e. The molecule has 3 aromatic heterocycles. The molecule has 1 aliphatic heterocycles. The molecule has 9 heteroatoms. The van der Waals surface area contributed by atoms with Gasteiger partial charge >= 0.3 is 5.69 Å². The number of anilines is 2. The number of aryl methyl sites for hydroxylation is 1. The molecule has 0 atom stereocenters. The molecule has 164 valence electrons. The lowest BCUT2D eigenvalue weighted by atomic mass is 10.2. The molecule has 0 aliphatic carbocycles. The van der Waals surface area contributed by atoms with Crippen LogP contribution in [0.3, 0.4) is 0 Å². The Kier molecular flexibility index (Phi) is 5.01. The molecule has 0 spiro atoms. The molecule has 0 bridgehead atoms. The van der Waals surface area contributed by atoms with E-state index in [0.29, 0.717) is 23.7 Å². The molecular weight excluding hydrogens is 406 g/mol. The normalized spacial score (nSPS) is 14.3. The van der Waals surface area contributed by atoms with Gasteiger partial charge in [-0.25, -0.2) is 9.78 Å². The van der Waals surface area contributed by atoms with Gasteiger partial charge in [0.2, 0.25) is 5.95 Å². The predicted octanol–water partition coefficient (Wildman–Crippen LogP) is 1.20. The lowest BCUT2D eigenvalue weighted by molar-refractivity contribution is 0.620. The van der Waals surface area contributed by atoms with Crippen LogP contribution >= 0.6 is 0 Å². The first-order valence-electron chi connectivity index (χ1n) is 10.7. The maximum atomic E-state index is 13.1. The third kappa shape index (κ3) is 3.35. The standard InChI is InChI=1S/C23H25N7O2/c1-26-20-19(21(31)27(2)23(26)32)30(16-17-8-4-3-5-9-17)22(25-20)29-14-12-28(13-15-29)18-10-6-7-11-24-18/h3-11H,12-16H2,1-2H3. The molecule has 1 aromatic carbocycles. The lowest BCUT2D eigenvalue weighted by Crippen LogP contribution is -2.47. The minimum atomic E-state index is -0.376. The Hall–Kier alpha value is -3.88. The molecule has 0 radical (unpaired) electrons. The number of pyridine rings is 1. The minimum absolute atomic E-state index is 0.329. The molecule has 5 rings (SSSR count). The van der Waals surface area contributed by atoms with Gasteiger partial charge in [-0.3, -0.25) is 18.5 Å². The topological polar surface area (TPSA) is 81.2 Å². The second-order valence-corrected chi connectivity index (χ2v) is 8.02. The zero-order valence-corrected chi connectivity index (χ0v) is 18.2. The summed E-state index contributed by atoms with van der Waals surface area (Å²) < 4.78 is 4.54. The van der Waals surface area contributed by atoms with Gasteiger partial charge in [0.25, 0.3) is 5.56 Å². The fourth-order valence-corrected chi connectivity index (χ4v) is 4.27. The van der Waals surface area contributed by atoms with Crippen LogP contribution in [0.2, 0.25) is 0 Å². The molecule has 32 heavy (non-hydrogen) atoms. The summed E-state index contributed by atoms with van der Waals surface area (Å²) in [4.78, 5) is 39.3. The predicted molar refractivity (Wildman–Crippen MR) is 124 cm³/mol. The summed E-state index contributed by atoms with van der Waals surface area (Å²) >= 11 is 0. The zero-order chi connectivity index (χ0) is 22.2. The molecule has 1 aliphatic rings. The number of imidazole rings is 1. The number of fused-ring (bicyclic) bond motifs is 1. The van der Waals surface area contributed by atoms with E-state index in [0.717, 1.165) is 42.1 Å². The first-order valence-corrected chi connectivity index (χ1v) is 10.7. The van der Waals surface area contributed by atoms with Crippen LogP contribution in [0.4, 0.5) is 11.8 Å². The van der Waals surface area contributed by atoms with Crippen molar-refractivity contribution in [1.29, 1.82) is 0 Å². The van der Waals surface area contributed by atoms with Crippen LogP contribution in [-0.4, -0.2) is 49.8 Å². The van der Waals surface area contributed by atoms with Gasteiger partial charge in [-0.2, -0.15) is 4.98 Å². The molecule has 1 fully saturated rings. The van der Waals surface area contributed by atoms with Gasteiger partial charge in [0, 0.05) is 46.5 Å². The highest BCUT2D eigenvalue weighted by Gasteiger charge is 2.26. The van der Waals surface area contributed by atoms with E-state index in [4.69, 9.17) is 4.98 Å². The van der Waals surface area contributed by atoms with E-state index in [1.165, 1.54) is 11.6 Å². The number of aromatic nitrogens is 5. The quantitative estimate of drug-likeness (QED) is 0.483. The second-order valence-electron chi connectivity index (χ2n) is 8.02. The van der Waals surface area contributed by atoms with Crippen molar-refractivity contribution in [3.8, 4) is 0 Å². The van der Waals surface area contributed by atoms with Crippen molar-refractivity contribution < 1.29 is 0 Å². The van der Waals surface area contributed by atoms with Crippen LogP contribution in [0.1, 0.15) is 5.56 Å². The van der Waals surface area contributed by atoms with E-state index >= 15 is 0 Å². The molecule has 4 heterocycles. The van der Waals surface area contributed by atoms with Gasteiger partial charge in [-0.1, -0.05) is 36.4 Å². The fourth-order valence-electron chi connectivity index (χ4n) is 4.27. The summed E-state index contributed by atoms with van der Waals surface area (Å²) in [6.45, 7) is 3.57. The second kappa shape index (κ2) is 7.99. The largest absolute Gasteiger partial charge is 0.353 e. The van der Waals surface area contributed by atoms with Crippen LogP contribution < -0.4 is 21.0 Å². The monoisotopic (exact) mass is 431 g/mol. The first-order chi connectivity index (χ1) is 15.5. The van der Waals surface area contributed by atoms with E-state index in [1.54, 1.807) is 13.2 Å². The Morgan fingerprint density at radius 2 is 1.53 bits per heavy atom. The summed E-state index contributed by atoms with van der Waals surface area (Å²) in [6.07, 6.45) is 1.80. The Morgan fingerprint density at radius 1 is 0.844 bits per heavy atom. The average molecular weight is 432 g/mol. The van der Waals surface area contributed by atoms with E-state index in [1.807, 2.05) is 53.1 Å². The van der Waals surface area contributed by atoms with Crippen LogP contribution in [0.25, 0.3) is 11.2 Å². The van der Waals surface area contributed by atoms with E-state index in [2.05, 4.69) is 14.8 Å². The highest BCUT2D eigenvalue weighted by Crippen LogP contribution is 2.23. The summed E-state index contributed by atoms with van der Waals surface area (Å²) in [5.74, 6) is 1.67. The molecule has 1 saturated heterocycles. The first kappa shape index (κ1) is 20.0. The molecular formula is C23H25N7O2. The third-order valence-corrected chi connectivity index (χ3v) is 6.05. The van der Waals surface area contributed by atoms with Crippen molar-refractivity contribution in [1.82, 2.24) is 23.7 Å². The van der Waals surface area contributed by atoms with Crippen molar-refractivity contribution >= 4 is 22.9 Å². The lowest BCUT2D eigenvalue weighted by Gasteiger charge is -2.36. The molecule has 0 amide bonds. The van der Waals surface area contributed by atoms with Gasteiger partial charge in [0.15, 0.2) is 11.2 Å². The number of rotatable bonds is 4. The van der Waals surface area contributed by atoms with Crippen molar-refractivity contribution in [2.75, 3.05) is 36.0 Å². The van der Waals surface area contributed by atoms with E-state index in [9.17, 15) is 9.59 Å². The Labute approximate surface area is 184 Å². The summed E-state index contributed by atoms with van der Waals surface area (Å²) in [5, 5.41) is 0. The number of hydrogen-bond acceptors (Lipinski definition) is 6. The summed E-state index contributed by atoms with van der Waals surface area (Å²) in [6, 6.07) is 15.9. The third-order valence-electron chi connectivity index (χ3n) is 6.05. The molecule has 0 saturated carbocycles. The van der Waals surface area contributed by atoms with Crippen molar-refractivity contribution in [3.63, 3.8) is 0 Å². The molecule has 9 nitrogen and oxygen atoms in total. The molecule has 0 unspecified atom stereocenters. The molecule has 0 N–H and O–H groups in total. The van der Waals surface area contributed by atoms with Gasteiger partial charge < -0.3 is 9.80 Å². The Morgan fingerprint density at radius 3 is 2.22 bits per heavy atom. The van der Waals surface area contributed by atoms with E-state index in [-0.39, 0.29) is 11.2 Å². The SMILES string of the molecule is Cn1c(=O)c2c(nc(N3CCN(c4ccccn4)CC3)n2Cc2ccccc2)n(C)c1=O. The van der Waals surface area contributed by atoms with E-state index < -0.39 is 0 Å². The Bertz CT molecular complexity index is 1360. The highest BCUT2D eigenvalue weighted by molar-refractivity contribution is 5.75. The minimum Gasteiger partial charge on any atom is -0.353 e. The van der Waals surface area contributed by atoms with Crippen molar-refractivity contribution in [2.45, 2.75) is 6.54 Å². The van der Waals surface area contributed by atoms with Crippen LogP contribution in [0, 0.1) is 0 Å². The zero-order valence-electron chi connectivity index (χ0n) is 18.2. The summed E-state index contributed by atoms with van der Waals surface area (Å²) in [7, 11) is 3.17. The Balaban J connectivity index is 1.57. The number of piperazine rings is 1. The number of hydrogen-bond donors (Lipinski definition) is 0. The number of nitrogens with zero attached hydrogens (tertiary/aromatic N) is 7. The number of benzene rings is 1. The maximum absolute atomic E-state index is 13.1. The highest BCUT2D eigenvalue weighted by atomic mass is 16.2. The van der Waals surface area contributed by atoms with Crippen LogP contribution in [0.5, 0.6) is 0 Å². The molecule has 4 aromatic rings. The van der Waals surface area contributed by atoms with Gasteiger partial charge in [-0.15, -0.1) is 0 Å². The fraction of sp³-hybridized carbons (Fsp3) is 0.304.